The van der Waals surface area contributed by atoms with E-state index >= 15 is 0 Å². The van der Waals surface area contributed by atoms with E-state index in [2.05, 4.69) is 5.32 Å². The van der Waals surface area contributed by atoms with Crippen molar-refractivity contribution in [2.75, 3.05) is 18.0 Å². The van der Waals surface area contributed by atoms with Crippen molar-refractivity contribution in [3.8, 4) is 0 Å². The van der Waals surface area contributed by atoms with Gasteiger partial charge in [0.2, 0.25) is 0 Å². The Morgan fingerprint density at radius 3 is 2.16 bits per heavy atom. The summed E-state index contributed by atoms with van der Waals surface area (Å²) in [6, 6.07) is 3.87. The third-order valence-electron chi connectivity index (χ3n) is 5.26. The highest BCUT2D eigenvalue weighted by molar-refractivity contribution is 6.23. The molecule has 8 heteroatoms. The van der Waals surface area contributed by atoms with Crippen LogP contribution in [0.15, 0.2) is 24.3 Å². The number of imide groups is 1. The van der Waals surface area contributed by atoms with Gasteiger partial charge >= 0.3 is 12.2 Å². The Labute approximate surface area is 142 Å². The Morgan fingerprint density at radius 2 is 1.64 bits per heavy atom. The monoisotopic (exact) mass is 353 g/mol. The van der Waals surface area contributed by atoms with Gasteiger partial charge in [-0.1, -0.05) is 0 Å². The maximum absolute atomic E-state index is 13.1. The van der Waals surface area contributed by atoms with Gasteiger partial charge < -0.3 is 10.2 Å². The molecule has 1 aliphatic carbocycles. The molecule has 0 aromatic heterocycles. The molecule has 2 saturated heterocycles. The lowest BCUT2D eigenvalue weighted by atomic mass is 9.86. The molecule has 5 nitrogen and oxygen atoms in total. The number of nitrogens with zero attached hydrogens (tertiary/aromatic N) is 2. The first kappa shape index (κ1) is 16.4. The number of alkyl halides is 3. The Kier molecular flexibility index (Phi) is 3.57. The number of rotatable bonds is 2. The molecule has 3 fully saturated rings. The minimum Gasteiger partial charge on any atom is -0.317 e. The summed E-state index contributed by atoms with van der Waals surface area (Å²) < 4.78 is 38.2. The fourth-order valence-corrected chi connectivity index (χ4v) is 3.85. The van der Waals surface area contributed by atoms with E-state index in [1.165, 1.54) is 12.1 Å². The number of carbonyl (C=O) groups excluding carboxylic acids is 2. The van der Waals surface area contributed by atoms with Crippen LogP contribution >= 0.6 is 0 Å². The van der Waals surface area contributed by atoms with Crippen molar-refractivity contribution >= 4 is 17.6 Å². The van der Waals surface area contributed by atoms with Crippen molar-refractivity contribution in [3.63, 3.8) is 0 Å². The number of hydrogen-bond donors (Lipinski definition) is 1. The largest absolute Gasteiger partial charge is 0.416 e. The Bertz CT molecular complexity index is 707. The quantitative estimate of drug-likeness (QED) is 0.832. The first-order valence-electron chi connectivity index (χ1n) is 8.40. The fourth-order valence-electron chi connectivity index (χ4n) is 3.85. The van der Waals surface area contributed by atoms with Crippen LogP contribution in [0.1, 0.15) is 31.2 Å². The van der Waals surface area contributed by atoms with Crippen LogP contribution in [0.2, 0.25) is 0 Å². The summed E-state index contributed by atoms with van der Waals surface area (Å²) in [5, 5.41) is 3.20. The molecule has 3 amide bonds. The first-order valence-corrected chi connectivity index (χ1v) is 8.40. The minimum absolute atomic E-state index is 0.0639. The molecule has 1 N–H and O–H groups in total. The van der Waals surface area contributed by atoms with Gasteiger partial charge in [-0.05, 0) is 63.0 Å². The van der Waals surface area contributed by atoms with Crippen molar-refractivity contribution in [1.29, 1.82) is 0 Å². The van der Waals surface area contributed by atoms with Crippen LogP contribution in [-0.2, 0) is 11.0 Å². The zero-order valence-corrected chi connectivity index (χ0v) is 13.5. The number of anilines is 1. The topological polar surface area (TPSA) is 52.7 Å². The number of urea groups is 1. The summed E-state index contributed by atoms with van der Waals surface area (Å²) in [5.41, 5.74) is -1.46. The third-order valence-corrected chi connectivity index (χ3v) is 5.26. The highest BCUT2D eigenvalue weighted by atomic mass is 19.4. The van der Waals surface area contributed by atoms with Gasteiger partial charge in [0.1, 0.15) is 5.54 Å². The summed E-state index contributed by atoms with van der Waals surface area (Å²) in [6.07, 6.45) is -1.64. The number of amides is 3. The average Bonchev–Trinajstić information content (AvgIpc) is 3.37. The number of piperidine rings is 1. The van der Waals surface area contributed by atoms with Gasteiger partial charge in [0, 0.05) is 6.04 Å². The molecule has 0 atom stereocenters. The molecule has 1 saturated carbocycles. The molecule has 1 aromatic carbocycles. The normalized spacial score (nSPS) is 23.6. The van der Waals surface area contributed by atoms with Gasteiger partial charge in [0.25, 0.3) is 5.91 Å². The molecule has 2 aliphatic heterocycles. The molecule has 1 spiro atoms. The van der Waals surface area contributed by atoms with Crippen molar-refractivity contribution in [3.05, 3.63) is 29.8 Å². The number of benzene rings is 1. The average molecular weight is 353 g/mol. The zero-order chi connectivity index (χ0) is 17.8. The fraction of sp³-hybridized carbons (Fsp3) is 0.529. The Morgan fingerprint density at radius 1 is 1.04 bits per heavy atom. The van der Waals surface area contributed by atoms with E-state index < -0.39 is 23.3 Å². The zero-order valence-electron chi connectivity index (χ0n) is 13.5. The van der Waals surface area contributed by atoms with Crippen LogP contribution in [0.5, 0.6) is 0 Å². The summed E-state index contributed by atoms with van der Waals surface area (Å²) >= 11 is 0. The highest BCUT2D eigenvalue weighted by Crippen LogP contribution is 2.45. The van der Waals surface area contributed by atoms with Crippen molar-refractivity contribution in [2.45, 2.75) is 43.4 Å². The van der Waals surface area contributed by atoms with E-state index in [0.717, 1.165) is 29.9 Å². The number of carbonyl (C=O) groups is 2. The molecule has 4 rings (SSSR count). The van der Waals surface area contributed by atoms with E-state index in [-0.39, 0.29) is 17.6 Å². The highest BCUT2D eigenvalue weighted by Gasteiger charge is 2.61. The predicted octanol–water partition coefficient (Wildman–Crippen LogP) is 2.76. The smallest absolute Gasteiger partial charge is 0.317 e. The van der Waals surface area contributed by atoms with Crippen LogP contribution in [0.4, 0.5) is 23.7 Å². The Balaban J connectivity index is 1.70. The van der Waals surface area contributed by atoms with Gasteiger partial charge in [0.15, 0.2) is 0 Å². The van der Waals surface area contributed by atoms with E-state index in [1.54, 1.807) is 4.90 Å². The molecule has 2 heterocycles. The summed E-state index contributed by atoms with van der Waals surface area (Å²) in [6.45, 7) is 1.28. The second-order valence-corrected chi connectivity index (χ2v) is 6.85. The lowest BCUT2D eigenvalue weighted by Gasteiger charge is -2.38. The second kappa shape index (κ2) is 5.45. The number of hydrogen-bond acceptors (Lipinski definition) is 3. The summed E-state index contributed by atoms with van der Waals surface area (Å²) in [7, 11) is 0. The van der Waals surface area contributed by atoms with E-state index in [1.807, 2.05) is 0 Å². The van der Waals surface area contributed by atoms with E-state index in [9.17, 15) is 22.8 Å². The van der Waals surface area contributed by atoms with Gasteiger partial charge in [0.05, 0.1) is 11.3 Å². The number of nitrogens with one attached hydrogen (secondary N) is 1. The van der Waals surface area contributed by atoms with E-state index in [4.69, 9.17) is 0 Å². The molecule has 0 radical (unpaired) electrons. The summed E-state index contributed by atoms with van der Waals surface area (Å²) in [5.74, 6) is -0.314. The molecule has 25 heavy (non-hydrogen) atoms. The van der Waals surface area contributed by atoms with Gasteiger partial charge in [-0.25, -0.2) is 9.69 Å². The summed E-state index contributed by atoms with van der Waals surface area (Å²) in [4.78, 5) is 28.8. The first-order chi connectivity index (χ1) is 11.8. The van der Waals surface area contributed by atoms with Crippen molar-refractivity contribution in [2.24, 2.45) is 0 Å². The maximum Gasteiger partial charge on any atom is 0.416 e. The lowest BCUT2D eigenvalue weighted by Crippen LogP contribution is -2.56. The van der Waals surface area contributed by atoms with Crippen molar-refractivity contribution < 1.29 is 22.8 Å². The molecular formula is C17H18F3N3O2. The predicted molar refractivity (Wildman–Crippen MR) is 84.0 cm³/mol. The van der Waals surface area contributed by atoms with Crippen LogP contribution in [0.3, 0.4) is 0 Å². The molecule has 134 valence electrons. The molecule has 3 aliphatic rings. The van der Waals surface area contributed by atoms with Gasteiger partial charge in [-0.15, -0.1) is 0 Å². The van der Waals surface area contributed by atoms with E-state index in [0.29, 0.717) is 25.9 Å². The van der Waals surface area contributed by atoms with Crippen LogP contribution in [-0.4, -0.2) is 41.5 Å². The molecule has 0 unspecified atom stereocenters. The third kappa shape index (κ3) is 2.50. The standard InChI is InChI=1S/C17H18F3N3O2/c18-17(19,20)11-1-3-12(4-2-11)22-14(24)16(7-9-21-10-8-16)23(15(22)25)13-5-6-13/h1-4,13,21H,5-10H2. The SMILES string of the molecule is O=C1N(c2ccc(C(F)(F)F)cc2)C(=O)C2(CCNCC2)N1C1CC1. The van der Waals surface area contributed by atoms with Crippen molar-refractivity contribution in [1.82, 2.24) is 10.2 Å². The molecule has 0 bridgehead atoms. The lowest BCUT2D eigenvalue weighted by molar-refractivity contribution is -0.137. The van der Waals surface area contributed by atoms with Crippen LogP contribution in [0, 0.1) is 0 Å². The van der Waals surface area contributed by atoms with Crippen LogP contribution < -0.4 is 10.2 Å². The molecule has 1 aromatic rings. The van der Waals surface area contributed by atoms with Gasteiger partial charge in [-0.2, -0.15) is 13.2 Å². The molecular weight excluding hydrogens is 335 g/mol. The maximum atomic E-state index is 13.1. The van der Waals surface area contributed by atoms with Crippen LogP contribution in [0.25, 0.3) is 0 Å². The minimum atomic E-state index is -4.45. The number of halogens is 3. The second-order valence-electron chi connectivity index (χ2n) is 6.85. The van der Waals surface area contributed by atoms with Gasteiger partial charge in [-0.3, -0.25) is 4.79 Å². The Hall–Kier alpha value is -2.09.